The molecule has 0 radical (unpaired) electrons. The Morgan fingerprint density at radius 3 is 2.25 bits per heavy atom. The summed E-state index contributed by atoms with van der Waals surface area (Å²) in [4.78, 5) is 2.37. The first-order valence-corrected chi connectivity index (χ1v) is 8.50. The van der Waals surface area contributed by atoms with E-state index in [0.29, 0.717) is 18.1 Å². The number of ether oxygens (including phenoxy) is 3. The molecule has 1 saturated heterocycles. The fraction of sp³-hybridized carbons (Fsp3) is 0.400. The topological polar surface area (TPSA) is 30.9 Å². The Morgan fingerprint density at radius 2 is 1.58 bits per heavy atom. The van der Waals surface area contributed by atoms with Crippen LogP contribution in [0.2, 0.25) is 0 Å². The second kappa shape index (κ2) is 7.95. The first-order valence-electron chi connectivity index (χ1n) is 8.50. The van der Waals surface area contributed by atoms with Crippen molar-refractivity contribution >= 4 is 5.69 Å². The number of nitrogens with zero attached hydrogens (tertiary/aromatic N) is 1. The van der Waals surface area contributed by atoms with Crippen LogP contribution in [0.25, 0.3) is 0 Å². The second-order valence-corrected chi connectivity index (χ2v) is 5.97. The first kappa shape index (κ1) is 16.5. The largest absolute Gasteiger partial charge is 0.493 e. The molecule has 0 aromatic heterocycles. The predicted octanol–water partition coefficient (Wildman–Crippen LogP) is 4.27. The molecule has 0 atom stereocenters. The summed E-state index contributed by atoms with van der Waals surface area (Å²) in [5, 5.41) is 0. The third kappa shape index (κ3) is 3.58. The van der Waals surface area contributed by atoms with E-state index in [-0.39, 0.29) is 0 Å². The van der Waals surface area contributed by atoms with Crippen molar-refractivity contribution in [3.8, 4) is 17.2 Å². The summed E-state index contributed by atoms with van der Waals surface area (Å²) in [6.07, 6.45) is 3.73. The molecule has 0 spiro atoms. The monoisotopic (exact) mass is 327 g/mol. The highest BCUT2D eigenvalue weighted by Crippen LogP contribution is 2.45. The molecule has 4 nitrogen and oxygen atoms in total. The molecule has 2 aromatic carbocycles. The summed E-state index contributed by atoms with van der Waals surface area (Å²) in [6.45, 7) is 2.60. The molecule has 0 N–H and O–H groups in total. The van der Waals surface area contributed by atoms with Gasteiger partial charge in [0, 0.05) is 13.1 Å². The minimum absolute atomic E-state index is 0.483. The molecule has 4 heteroatoms. The van der Waals surface area contributed by atoms with Crippen LogP contribution in [0.3, 0.4) is 0 Å². The van der Waals surface area contributed by atoms with Gasteiger partial charge in [-0.05, 0) is 37.0 Å². The minimum Gasteiger partial charge on any atom is -0.493 e. The molecule has 0 unspecified atom stereocenters. The van der Waals surface area contributed by atoms with Gasteiger partial charge in [-0.2, -0.15) is 0 Å². The van der Waals surface area contributed by atoms with Crippen molar-refractivity contribution in [2.24, 2.45) is 0 Å². The van der Waals surface area contributed by atoms with Crippen molar-refractivity contribution in [1.29, 1.82) is 0 Å². The van der Waals surface area contributed by atoms with Crippen LogP contribution in [-0.2, 0) is 6.61 Å². The van der Waals surface area contributed by atoms with Gasteiger partial charge in [0.25, 0.3) is 0 Å². The summed E-state index contributed by atoms with van der Waals surface area (Å²) in [7, 11) is 3.35. The number of anilines is 1. The van der Waals surface area contributed by atoms with Crippen molar-refractivity contribution in [1.82, 2.24) is 0 Å². The zero-order valence-corrected chi connectivity index (χ0v) is 14.5. The van der Waals surface area contributed by atoms with E-state index in [1.807, 2.05) is 36.4 Å². The summed E-state index contributed by atoms with van der Waals surface area (Å²) < 4.78 is 17.3. The van der Waals surface area contributed by atoms with Gasteiger partial charge in [-0.15, -0.1) is 0 Å². The van der Waals surface area contributed by atoms with Crippen LogP contribution in [0.1, 0.15) is 24.8 Å². The highest BCUT2D eigenvalue weighted by molar-refractivity contribution is 5.69. The van der Waals surface area contributed by atoms with Crippen LogP contribution in [0.4, 0.5) is 5.69 Å². The van der Waals surface area contributed by atoms with Crippen LogP contribution in [0, 0.1) is 0 Å². The number of rotatable bonds is 6. The number of benzene rings is 2. The molecule has 0 bridgehead atoms. The first-order chi connectivity index (χ1) is 11.8. The Morgan fingerprint density at radius 1 is 0.833 bits per heavy atom. The zero-order chi connectivity index (χ0) is 16.8. The predicted molar refractivity (Wildman–Crippen MR) is 96.4 cm³/mol. The van der Waals surface area contributed by atoms with Gasteiger partial charge < -0.3 is 19.1 Å². The van der Waals surface area contributed by atoms with Gasteiger partial charge >= 0.3 is 0 Å². The second-order valence-electron chi connectivity index (χ2n) is 5.97. The molecule has 24 heavy (non-hydrogen) atoms. The lowest BCUT2D eigenvalue weighted by molar-refractivity contribution is 0.266. The molecular weight excluding hydrogens is 302 g/mol. The number of methoxy groups -OCH3 is 2. The van der Waals surface area contributed by atoms with Gasteiger partial charge in [0.2, 0.25) is 5.75 Å². The van der Waals surface area contributed by atoms with E-state index >= 15 is 0 Å². The molecule has 1 aliphatic rings. The minimum atomic E-state index is 0.483. The summed E-state index contributed by atoms with van der Waals surface area (Å²) >= 11 is 0. The van der Waals surface area contributed by atoms with Crippen molar-refractivity contribution < 1.29 is 14.2 Å². The number of hydrogen-bond acceptors (Lipinski definition) is 4. The van der Waals surface area contributed by atoms with Gasteiger partial charge in [0.05, 0.1) is 19.9 Å². The van der Waals surface area contributed by atoms with Crippen molar-refractivity contribution in [2.45, 2.75) is 25.9 Å². The normalized spacial score (nSPS) is 14.3. The van der Waals surface area contributed by atoms with Crippen LogP contribution in [0.5, 0.6) is 17.2 Å². The van der Waals surface area contributed by atoms with E-state index in [9.17, 15) is 0 Å². The Balaban J connectivity index is 1.89. The highest BCUT2D eigenvalue weighted by atomic mass is 16.5. The van der Waals surface area contributed by atoms with Crippen LogP contribution in [-0.4, -0.2) is 27.3 Å². The number of piperidine rings is 1. The van der Waals surface area contributed by atoms with Crippen molar-refractivity contribution in [2.75, 3.05) is 32.2 Å². The fourth-order valence-corrected chi connectivity index (χ4v) is 3.14. The van der Waals surface area contributed by atoms with E-state index in [1.165, 1.54) is 19.3 Å². The van der Waals surface area contributed by atoms with E-state index < -0.39 is 0 Å². The number of hydrogen-bond donors (Lipinski definition) is 0. The molecule has 0 saturated carbocycles. The molecule has 128 valence electrons. The van der Waals surface area contributed by atoms with Crippen LogP contribution < -0.4 is 19.1 Å². The highest BCUT2D eigenvalue weighted by Gasteiger charge is 2.22. The maximum Gasteiger partial charge on any atom is 0.206 e. The lowest BCUT2D eigenvalue weighted by Crippen LogP contribution is -2.29. The van der Waals surface area contributed by atoms with Crippen molar-refractivity contribution in [3.63, 3.8) is 0 Å². The molecule has 0 aliphatic carbocycles. The standard InChI is InChI=1S/C20H25NO3/c1-22-18-12-11-17(21-13-7-4-8-14-21)19(23-2)20(18)24-15-16-9-5-3-6-10-16/h3,5-6,9-12H,4,7-8,13-15H2,1-2H3. The SMILES string of the molecule is COc1ccc(N2CCCCC2)c(OC)c1OCc1ccccc1. The molecule has 3 rings (SSSR count). The average Bonchev–Trinajstić information content (AvgIpc) is 2.67. The lowest BCUT2D eigenvalue weighted by atomic mass is 10.1. The van der Waals surface area contributed by atoms with E-state index in [4.69, 9.17) is 14.2 Å². The smallest absolute Gasteiger partial charge is 0.206 e. The lowest BCUT2D eigenvalue weighted by Gasteiger charge is -2.31. The Kier molecular flexibility index (Phi) is 5.47. The molecular formula is C20H25NO3. The van der Waals surface area contributed by atoms with E-state index in [0.717, 1.165) is 30.1 Å². The molecule has 1 fully saturated rings. The molecule has 0 amide bonds. The molecule has 1 heterocycles. The third-order valence-electron chi connectivity index (χ3n) is 4.40. The molecule has 2 aromatic rings. The maximum atomic E-state index is 6.09. The van der Waals surface area contributed by atoms with E-state index in [2.05, 4.69) is 11.0 Å². The Labute approximate surface area is 144 Å². The van der Waals surface area contributed by atoms with E-state index in [1.54, 1.807) is 14.2 Å². The Bertz CT molecular complexity index is 651. The van der Waals surface area contributed by atoms with Gasteiger partial charge in [0.15, 0.2) is 11.5 Å². The van der Waals surface area contributed by atoms with Crippen LogP contribution in [0.15, 0.2) is 42.5 Å². The zero-order valence-electron chi connectivity index (χ0n) is 14.5. The third-order valence-corrected chi connectivity index (χ3v) is 4.40. The van der Waals surface area contributed by atoms with Gasteiger partial charge in [0.1, 0.15) is 6.61 Å². The maximum absolute atomic E-state index is 6.09. The van der Waals surface area contributed by atoms with Gasteiger partial charge in [-0.1, -0.05) is 30.3 Å². The van der Waals surface area contributed by atoms with Gasteiger partial charge in [-0.3, -0.25) is 0 Å². The van der Waals surface area contributed by atoms with Crippen LogP contribution >= 0.6 is 0 Å². The van der Waals surface area contributed by atoms with Gasteiger partial charge in [-0.25, -0.2) is 0 Å². The average molecular weight is 327 g/mol. The fourth-order valence-electron chi connectivity index (χ4n) is 3.14. The molecule has 1 aliphatic heterocycles. The quantitative estimate of drug-likeness (QED) is 0.793. The Hall–Kier alpha value is -2.36. The van der Waals surface area contributed by atoms with Crippen molar-refractivity contribution in [3.05, 3.63) is 48.0 Å². The summed E-state index contributed by atoms with van der Waals surface area (Å²) in [5.41, 5.74) is 2.20. The summed E-state index contributed by atoms with van der Waals surface area (Å²) in [6, 6.07) is 14.2. The summed E-state index contributed by atoms with van der Waals surface area (Å²) in [5.74, 6) is 2.13.